The number of hydrogen-bond donors (Lipinski definition) is 0. The first-order chi connectivity index (χ1) is 8.80. The third kappa shape index (κ3) is 5.43. The first-order valence-electron chi connectivity index (χ1n) is 6.36. The number of rotatable bonds is 9. The Morgan fingerprint density at radius 1 is 0.944 bits per heavy atom. The van der Waals surface area contributed by atoms with E-state index in [9.17, 15) is 4.79 Å². The lowest BCUT2D eigenvalue weighted by Gasteiger charge is -2.07. The average Bonchev–Trinajstić information content (AvgIpc) is 2.39. The molecule has 0 N–H and O–H groups in total. The van der Waals surface area contributed by atoms with Gasteiger partial charge in [-0.2, -0.15) is 0 Å². The van der Waals surface area contributed by atoms with Crippen LogP contribution in [0, 0.1) is 0 Å². The van der Waals surface area contributed by atoms with Crippen LogP contribution in [-0.4, -0.2) is 33.7 Å². The molecule has 100 valence electrons. The molecule has 0 aliphatic rings. The summed E-state index contributed by atoms with van der Waals surface area (Å²) in [5, 5.41) is 0. The highest BCUT2D eigenvalue weighted by Crippen LogP contribution is 2.13. The molecule has 0 aliphatic carbocycles. The molecule has 0 saturated heterocycles. The molecule has 1 rings (SSSR count). The average molecular weight is 250 g/mol. The van der Waals surface area contributed by atoms with E-state index in [0.29, 0.717) is 0 Å². The Morgan fingerprint density at radius 2 is 1.44 bits per heavy atom. The number of aldehydes is 1. The van der Waals surface area contributed by atoms with Gasteiger partial charge >= 0.3 is 0 Å². The Kier molecular flexibility index (Phi) is 7.30. The molecule has 1 aromatic carbocycles. The molecule has 0 bridgehead atoms. The van der Waals surface area contributed by atoms with E-state index in [0.717, 1.165) is 50.7 Å². The van der Waals surface area contributed by atoms with E-state index >= 15 is 0 Å². The van der Waals surface area contributed by atoms with Crippen molar-refractivity contribution in [3.8, 4) is 0 Å². The summed E-state index contributed by atoms with van der Waals surface area (Å²) in [5.74, 6) is 0. The smallest absolute Gasteiger partial charge is 0.150 e. The summed E-state index contributed by atoms with van der Waals surface area (Å²) in [7, 11) is 3.41. The number of hydrogen-bond acceptors (Lipinski definition) is 3. The highest BCUT2D eigenvalue weighted by atomic mass is 16.5. The van der Waals surface area contributed by atoms with Gasteiger partial charge in [0.15, 0.2) is 0 Å². The number of benzene rings is 1. The van der Waals surface area contributed by atoms with Gasteiger partial charge in [0.25, 0.3) is 0 Å². The van der Waals surface area contributed by atoms with E-state index in [-0.39, 0.29) is 0 Å². The minimum atomic E-state index is 0.754. The van der Waals surface area contributed by atoms with Crippen molar-refractivity contribution >= 4 is 6.29 Å². The van der Waals surface area contributed by atoms with E-state index in [4.69, 9.17) is 9.47 Å². The topological polar surface area (TPSA) is 35.5 Å². The van der Waals surface area contributed by atoms with Crippen molar-refractivity contribution in [3.05, 3.63) is 34.9 Å². The van der Waals surface area contributed by atoms with Crippen LogP contribution >= 0.6 is 0 Å². The molecule has 0 heterocycles. The fraction of sp³-hybridized carbons (Fsp3) is 0.533. The van der Waals surface area contributed by atoms with Gasteiger partial charge in [0.05, 0.1) is 0 Å². The van der Waals surface area contributed by atoms with Gasteiger partial charge in [-0.25, -0.2) is 0 Å². The molecule has 0 unspecified atom stereocenters. The van der Waals surface area contributed by atoms with Gasteiger partial charge in [0, 0.05) is 33.0 Å². The maximum absolute atomic E-state index is 10.9. The van der Waals surface area contributed by atoms with Crippen LogP contribution in [0.25, 0.3) is 0 Å². The molecule has 0 spiro atoms. The Morgan fingerprint density at radius 3 is 1.83 bits per heavy atom. The predicted molar refractivity (Wildman–Crippen MR) is 72.2 cm³/mol. The van der Waals surface area contributed by atoms with Crippen LogP contribution in [-0.2, 0) is 22.3 Å². The van der Waals surface area contributed by atoms with Crippen LogP contribution < -0.4 is 0 Å². The zero-order valence-electron chi connectivity index (χ0n) is 11.3. The number of ether oxygens (including phenoxy) is 2. The molecule has 0 fully saturated rings. The third-order valence-electron chi connectivity index (χ3n) is 2.84. The molecular formula is C15H22O3. The maximum atomic E-state index is 10.9. The Bertz CT molecular complexity index is 333. The number of carbonyl (C=O) groups is 1. The molecule has 0 saturated carbocycles. The second kappa shape index (κ2) is 8.84. The van der Waals surface area contributed by atoms with Gasteiger partial charge in [-0.1, -0.05) is 6.07 Å². The lowest BCUT2D eigenvalue weighted by atomic mass is 10.0. The predicted octanol–water partition coefficient (Wildman–Crippen LogP) is 2.66. The lowest BCUT2D eigenvalue weighted by Crippen LogP contribution is -1.98. The van der Waals surface area contributed by atoms with Crippen LogP contribution in [0.15, 0.2) is 18.2 Å². The monoisotopic (exact) mass is 250 g/mol. The molecule has 0 atom stereocenters. The van der Waals surface area contributed by atoms with Gasteiger partial charge in [0.1, 0.15) is 6.29 Å². The molecular weight excluding hydrogens is 228 g/mol. The molecule has 0 aliphatic heterocycles. The van der Waals surface area contributed by atoms with Crippen molar-refractivity contribution in [2.75, 3.05) is 27.4 Å². The number of methoxy groups -OCH3 is 2. The molecule has 3 heteroatoms. The lowest BCUT2D eigenvalue weighted by molar-refractivity contribution is 0.112. The van der Waals surface area contributed by atoms with Crippen LogP contribution in [0.1, 0.15) is 34.3 Å². The summed E-state index contributed by atoms with van der Waals surface area (Å²) < 4.78 is 10.1. The summed E-state index contributed by atoms with van der Waals surface area (Å²) in [4.78, 5) is 10.9. The normalized spacial score (nSPS) is 10.6. The summed E-state index contributed by atoms with van der Waals surface area (Å²) in [6, 6.07) is 6.10. The van der Waals surface area contributed by atoms with E-state index in [2.05, 4.69) is 6.07 Å². The van der Waals surface area contributed by atoms with Gasteiger partial charge < -0.3 is 9.47 Å². The Hall–Kier alpha value is -1.19. The third-order valence-corrected chi connectivity index (χ3v) is 2.84. The Balaban J connectivity index is 2.64. The minimum Gasteiger partial charge on any atom is -0.385 e. The molecule has 1 aromatic rings. The molecule has 3 nitrogen and oxygen atoms in total. The van der Waals surface area contributed by atoms with Crippen molar-refractivity contribution in [2.45, 2.75) is 25.7 Å². The maximum Gasteiger partial charge on any atom is 0.150 e. The molecule has 18 heavy (non-hydrogen) atoms. The highest BCUT2D eigenvalue weighted by Gasteiger charge is 2.01. The second-order valence-corrected chi connectivity index (χ2v) is 4.39. The van der Waals surface area contributed by atoms with E-state index in [1.165, 1.54) is 11.1 Å². The fourth-order valence-electron chi connectivity index (χ4n) is 1.99. The number of carbonyl (C=O) groups excluding carboxylic acids is 1. The quantitative estimate of drug-likeness (QED) is 0.499. The van der Waals surface area contributed by atoms with Crippen molar-refractivity contribution in [1.82, 2.24) is 0 Å². The zero-order valence-corrected chi connectivity index (χ0v) is 11.3. The summed E-state index contributed by atoms with van der Waals surface area (Å²) in [5.41, 5.74) is 3.19. The van der Waals surface area contributed by atoms with E-state index in [1.807, 2.05) is 12.1 Å². The van der Waals surface area contributed by atoms with Crippen molar-refractivity contribution < 1.29 is 14.3 Å². The first kappa shape index (κ1) is 14.9. The van der Waals surface area contributed by atoms with Gasteiger partial charge in [-0.05, 0) is 48.9 Å². The van der Waals surface area contributed by atoms with Crippen LogP contribution in [0.5, 0.6) is 0 Å². The fourth-order valence-corrected chi connectivity index (χ4v) is 1.99. The van der Waals surface area contributed by atoms with E-state index < -0.39 is 0 Å². The van der Waals surface area contributed by atoms with Crippen LogP contribution in [0.2, 0.25) is 0 Å². The molecule has 0 radical (unpaired) electrons. The van der Waals surface area contributed by atoms with Crippen LogP contribution in [0.3, 0.4) is 0 Å². The van der Waals surface area contributed by atoms with Gasteiger partial charge in [-0.15, -0.1) is 0 Å². The zero-order chi connectivity index (χ0) is 13.2. The van der Waals surface area contributed by atoms with Crippen molar-refractivity contribution in [1.29, 1.82) is 0 Å². The SMILES string of the molecule is COCCCc1cc(C=O)cc(CCCOC)c1. The minimum absolute atomic E-state index is 0.754. The van der Waals surface area contributed by atoms with Gasteiger partial charge in [-0.3, -0.25) is 4.79 Å². The summed E-state index contributed by atoms with van der Waals surface area (Å²) >= 11 is 0. The molecule has 0 amide bonds. The summed E-state index contributed by atoms with van der Waals surface area (Å²) in [6.45, 7) is 1.51. The largest absolute Gasteiger partial charge is 0.385 e. The van der Waals surface area contributed by atoms with Gasteiger partial charge in [0.2, 0.25) is 0 Å². The molecule has 0 aromatic heterocycles. The first-order valence-corrected chi connectivity index (χ1v) is 6.36. The second-order valence-electron chi connectivity index (χ2n) is 4.39. The van der Waals surface area contributed by atoms with E-state index in [1.54, 1.807) is 14.2 Å². The van der Waals surface area contributed by atoms with Crippen molar-refractivity contribution in [2.24, 2.45) is 0 Å². The van der Waals surface area contributed by atoms with Crippen molar-refractivity contribution in [3.63, 3.8) is 0 Å². The standard InChI is InChI=1S/C15H22O3/c1-17-7-3-5-13-9-14(6-4-8-18-2)11-15(10-13)12-16/h9-12H,3-8H2,1-2H3. The highest BCUT2D eigenvalue weighted by molar-refractivity contribution is 5.75. The summed E-state index contributed by atoms with van der Waals surface area (Å²) in [6.07, 6.45) is 4.78. The Labute approximate surface area is 109 Å². The van der Waals surface area contributed by atoms with Crippen LogP contribution in [0.4, 0.5) is 0 Å². The number of aryl methyl sites for hydroxylation is 2.